The minimum Gasteiger partial charge on any atom is -0.359 e. The normalized spacial score (nSPS) is 16.6. The highest BCUT2D eigenvalue weighted by Crippen LogP contribution is 2.41. The molecule has 2 heterocycles. The van der Waals surface area contributed by atoms with Gasteiger partial charge in [-0.2, -0.15) is 0 Å². The molecule has 1 aliphatic carbocycles. The van der Waals surface area contributed by atoms with Gasteiger partial charge in [0, 0.05) is 30.3 Å². The van der Waals surface area contributed by atoms with Crippen LogP contribution in [0, 0.1) is 0 Å². The minimum atomic E-state index is -0.0479. The van der Waals surface area contributed by atoms with Crippen molar-refractivity contribution in [3.8, 4) is 0 Å². The van der Waals surface area contributed by atoms with E-state index >= 15 is 0 Å². The van der Waals surface area contributed by atoms with Crippen molar-refractivity contribution in [1.29, 1.82) is 0 Å². The second kappa shape index (κ2) is 6.30. The molecule has 2 aromatic rings. The Bertz CT molecular complexity index is 630. The molecular formula is C17H21N3O2. The SMILES string of the molecule is CC1(c2cc(NC(=O)CCc3ccncc3)no2)CCCC1. The van der Waals surface area contributed by atoms with Crippen molar-refractivity contribution in [2.24, 2.45) is 0 Å². The van der Waals surface area contributed by atoms with Crippen molar-refractivity contribution in [3.63, 3.8) is 0 Å². The lowest BCUT2D eigenvalue weighted by atomic mass is 9.86. The summed E-state index contributed by atoms with van der Waals surface area (Å²) in [4.78, 5) is 16.0. The summed E-state index contributed by atoms with van der Waals surface area (Å²) in [5.74, 6) is 1.35. The van der Waals surface area contributed by atoms with E-state index in [1.165, 1.54) is 12.8 Å². The summed E-state index contributed by atoms with van der Waals surface area (Å²) in [6, 6.07) is 5.71. The molecule has 0 saturated heterocycles. The molecule has 1 amide bonds. The van der Waals surface area contributed by atoms with Crippen LogP contribution in [0.5, 0.6) is 0 Å². The van der Waals surface area contributed by atoms with Crippen molar-refractivity contribution in [3.05, 3.63) is 41.9 Å². The summed E-state index contributed by atoms with van der Waals surface area (Å²) in [7, 11) is 0. The number of carbonyl (C=O) groups excluding carboxylic acids is 1. The Hall–Kier alpha value is -2.17. The van der Waals surface area contributed by atoms with Gasteiger partial charge in [0.1, 0.15) is 5.76 Å². The fourth-order valence-electron chi connectivity index (χ4n) is 3.03. The fourth-order valence-corrected chi connectivity index (χ4v) is 3.03. The number of aromatic nitrogens is 2. The first-order chi connectivity index (χ1) is 10.7. The third kappa shape index (κ3) is 3.35. The summed E-state index contributed by atoms with van der Waals surface area (Å²) in [5, 5.41) is 6.80. The standard InChI is InChI=1S/C17H21N3O2/c1-17(8-2-3-9-17)14-12-15(20-22-14)19-16(21)5-4-13-6-10-18-11-7-13/h6-7,10-12H,2-5,8-9H2,1H3,(H,19,20,21). The van der Waals surface area contributed by atoms with Gasteiger partial charge in [0.05, 0.1) is 0 Å². The minimum absolute atomic E-state index is 0.0479. The number of carbonyl (C=O) groups is 1. The lowest BCUT2D eigenvalue weighted by Crippen LogP contribution is -2.15. The highest BCUT2D eigenvalue weighted by Gasteiger charge is 2.34. The van der Waals surface area contributed by atoms with E-state index in [4.69, 9.17) is 4.52 Å². The summed E-state index contributed by atoms with van der Waals surface area (Å²) >= 11 is 0. The van der Waals surface area contributed by atoms with E-state index in [2.05, 4.69) is 22.4 Å². The van der Waals surface area contributed by atoms with E-state index in [1.54, 1.807) is 12.4 Å². The molecule has 1 saturated carbocycles. The van der Waals surface area contributed by atoms with E-state index < -0.39 is 0 Å². The average Bonchev–Trinajstić information content (AvgIpc) is 3.16. The second-order valence-electron chi connectivity index (χ2n) is 6.25. The van der Waals surface area contributed by atoms with Crippen LogP contribution in [0.2, 0.25) is 0 Å². The Morgan fingerprint density at radius 3 is 2.77 bits per heavy atom. The maximum Gasteiger partial charge on any atom is 0.225 e. The number of amides is 1. The van der Waals surface area contributed by atoms with Crippen LogP contribution >= 0.6 is 0 Å². The largest absolute Gasteiger partial charge is 0.359 e. The molecule has 0 aromatic carbocycles. The Morgan fingerprint density at radius 1 is 1.32 bits per heavy atom. The molecule has 0 aliphatic heterocycles. The van der Waals surface area contributed by atoms with Crippen molar-refractivity contribution < 1.29 is 9.32 Å². The van der Waals surface area contributed by atoms with Crippen LogP contribution < -0.4 is 5.32 Å². The lowest BCUT2D eigenvalue weighted by molar-refractivity contribution is -0.116. The Kier molecular flexibility index (Phi) is 4.22. The molecule has 1 fully saturated rings. The van der Waals surface area contributed by atoms with Gasteiger partial charge in [-0.05, 0) is 37.0 Å². The second-order valence-corrected chi connectivity index (χ2v) is 6.25. The third-order valence-electron chi connectivity index (χ3n) is 4.47. The molecule has 0 spiro atoms. The van der Waals surface area contributed by atoms with Crippen LogP contribution in [0.4, 0.5) is 5.82 Å². The quantitative estimate of drug-likeness (QED) is 0.918. The molecule has 0 bridgehead atoms. The van der Waals surface area contributed by atoms with Crippen molar-refractivity contribution >= 4 is 11.7 Å². The molecule has 5 nitrogen and oxygen atoms in total. The molecule has 2 aromatic heterocycles. The van der Waals surface area contributed by atoms with Crippen LogP contribution in [0.25, 0.3) is 0 Å². The third-order valence-corrected chi connectivity index (χ3v) is 4.47. The Morgan fingerprint density at radius 2 is 2.05 bits per heavy atom. The van der Waals surface area contributed by atoms with Gasteiger partial charge in [0.2, 0.25) is 5.91 Å². The molecule has 3 rings (SSSR count). The van der Waals surface area contributed by atoms with Crippen molar-refractivity contribution in [2.75, 3.05) is 5.32 Å². The lowest BCUT2D eigenvalue weighted by Gasteiger charge is -2.18. The molecule has 116 valence electrons. The number of aryl methyl sites for hydroxylation is 1. The summed E-state index contributed by atoms with van der Waals surface area (Å²) in [6.07, 6.45) is 9.28. The molecule has 1 aliphatic rings. The highest BCUT2D eigenvalue weighted by molar-refractivity contribution is 5.89. The van der Waals surface area contributed by atoms with Gasteiger partial charge in [-0.25, -0.2) is 0 Å². The smallest absolute Gasteiger partial charge is 0.225 e. The highest BCUT2D eigenvalue weighted by atomic mass is 16.5. The van der Waals surface area contributed by atoms with Gasteiger partial charge in [-0.15, -0.1) is 0 Å². The van der Waals surface area contributed by atoms with Crippen LogP contribution in [-0.2, 0) is 16.6 Å². The van der Waals surface area contributed by atoms with Gasteiger partial charge in [0.15, 0.2) is 5.82 Å². The van der Waals surface area contributed by atoms with E-state index in [9.17, 15) is 4.79 Å². The molecule has 0 unspecified atom stereocenters. The Balaban J connectivity index is 1.55. The van der Waals surface area contributed by atoms with E-state index in [0.717, 1.165) is 24.2 Å². The van der Waals surface area contributed by atoms with Gasteiger partial charge >= 0.3 is 0 Å². The summed E-state index contributed by atoms with van der Waals surface area (Å²) in [5.41, 5.74) is 1.18. The number of pyridine rings is 1. The molecule has 22 heavy (non-hydrogen) atoms. The maximum atomic E-state index is 12.0. The first kappa shape index (κ1) is 14.8. The van der Waals surface area contributed by atoms with Gasteiger partial charge < -0.3 is 9.84 Å². The monoisotopic (exact) mass is 299 g/mol. The van der Waals surface area contributed by atoms with Crippen molar-refractivity contribution in [2.45, 2.75) is 50.9 Å². The number of nitrogens with zero attached hydrogens (tertiary/aromatic N) is 2. The molecular weight excluding hydrogens is 278 g/mol. The zero-order valence-corrected chi connectivity index (χ0v) is 12.8. The predicted octanol–water partition coefficient (Wildman–Crippen LogP) is 3.47. The number of hydrogen-bond acceptors (Lipinski definition) is 4. The van der Waals surface area contributed by atoms with E-state index in [0.29, 0.717) is 18.7 Å². The number of anilines is 1. The van der Waals surface area contributed by atoms with E-state index in [-0.39, 0.29) is 11.3 Å². The van der Waals surface area contributed by atoms with Gasteiger partial charge in [-0.1, -0.05) is 24.9 Å². The predicted molar refractivity (Wildman–Crippen MR) is 83.5 cm³/mol. The maximum absolute atomic E-state index is 12.0. The molecule has 1 N–H and O–H groups in total. The summed E-state index contributed by atoms with van der Waals surface area (Å²) in [6.45, 7) is 2.20. The van der Waals surface area contributed by atoms with Gasteiger partial charge in [0.25, 0.3) is 0 Å². The number of hydrogen-bond donors (Lipinski definition) is 1. The zero-order chi connectivity index (χ0) is 15.4. The zero-order valence-electron chi connectivity index (χ0n) is 12.8. The topological polar surface area (TPSA) is 68.0 Å². The Labute approximate surface area is 130 Å². The van der Waals surface area contributed by atoms with E-state index in [1.807, 2.05) is 18.2 Å². The first-order valence-electron chi connectivity index (χ1n) is 7.82. The average molecular weight is 299 g/mol. The van der Waals surface area contributed by atoms with Crippen LogP contribution in [0.15, 0.2) is 35.1 Å². The van der Waals surface area contributed by atoms with Gasteiger partial charge in [-0.3, -0.25) is 9.78 Å². The summed E-state index contributed by atoms with van der Waals surface area (Å²) < 4.78 is 5.44. The molecule has 0 radical (unpaired) electrons. The number of nitrogens with one attached hydrogen (secondary N) is 1. The van der Waals surface area contributed by atoms with Crippen LogP contribution in [-0.4, -0.2) is 16.0 Å². The van der Waals surface area contributed by atoms with Crippen LogP contribution in [0.3, 0.4) is 0 Å². The molecule has 5 heteroatoms. The van der Waals surface area contributed by atoms with Crippen molar-refractivity contribution in [1.82, 2.24) is 10.1 Å². The first-order valence-corrected chi connectivity index (χ1v) is 7.82. The fraction of sp³-hybridized carbons (Fsp3) is 0.471. The number of rotatable bonds is 5. The molecule has 0 atom stereocenters. The van der Waals surface area contributed by atoms with Crippen LogP contribution in [0.1, 0.15) is 50.4 Å².